The number of aryl methyl sites for hydroxylation is 1. The molecule has 4 heterocycles. The van der Waals surface area contributed by atoms with E-state index in [0.29, 0.717) is 43.6 Å². The molecule has 240 valence electrons. The Balaban J connectivity index is 0.992. The molecule has 6 rings (SSSR count). The number of carbonyl (C=O) groups excluding carboxylic acids is 1. The molecule has 0 bridgehead atoms. The number of pyridine rings is 2. The van der Waals surface area contributed by atoms with Gasteiger partial charge in [0.25, 0.3) is 0 Å². The quantitative estimate of drug-likeness (QED) is 0.345. The Morgan fingerprint density at radius 2 is 1.62 bits per heavy atom. The first-order valence-corrected chi connectivity index (χ1v) is 17.3. The number of piperidine rings is 2. The molecule has 0 spiro atoms. The first-order valence-electron chi connectivity index (χ1n) is 15.9. The van der Waals surface area contributed by atoms with Gasteiger partial charge in [-0.2, -0.15) is 4.31 Å². The molecule has 0 unspecified atom stereocenters. The first kappa shape index (κ1) is 31.4. The van der Waals surface area contributed by atoms with Gasteiger partial charge in [-0.05, 0) is 93.8 Å². The van der Waals surface area contributed by atoms with Crippen LogP contribution < -0.4 is 10.1 Å². The first-order chi connectivity index (χ1) is 21.7. The summed E-state index contributed by atoms with van der Waals surface area (Å²) in [6, 6.07) is 14.5. The van der Waals surface area contributed by atoms with Crippen LogP contribution in [-0.4, -0.2) is 88.0 Å². The average Bonchev–Trinajstić information content (AvgIpc) is 3.02. The summed E-state index contributed by atoms with van der Waals surface area (Å²) in [4.78, 5) is 26.8. The molecule has 2 saturated heterocycles. The lowest BCUT2D eigenvalue weighted by Crippen LogP contribution is -2.55. The Hall–Kier alpha value is -3.58. The second kappa shape index (κ2) is 13.8. The van der Waals surface area contributed by atoms with E-state index in [2.05, 4.69) is 25.1 Å². The van der Waals surface area contributed by atoms with Crippen LogP contribution in [0.1, 0.15) is 56.2 Å². The van der Waals surface area contributed by atoms with Crippen molar-refractivity contribution in [3.05, 3.63) is 72.2 Å². The van der Waals surface area contributed by atoms with Crippen LogP contribution in [0.15, 0.2) is 65.8 Å². The van der Waals surface area contributed by atoms with Crippen molar-refractivity contribution in [3.8, 4) is 11.6 Å². The lowest BCUT2D eigenvalue weighted by atomic mass is 9.89. The smallest absolute Gasteiger partial charge is 0.322 e. The van der Waals surface area contributed by atoms with Crippen LogP contribution >= 0.6 is 0 Å². The molecule has 12 heteroatoms. The summed E-state index contributed by atoms with van der Waals surface area (Å²) in [5, 5.41) is 12.8. The summed E-state index contributed by atoms with van der Waals surface area (Å²) in [5.74, 6) is 0.938. The number of carbonyl (C=O) groups is 1. The van der Waals surface area contributed by atoms with Gasteiger partial charge in [-0.1, -0.05) is 6.07 Å². The molecule has 2 aromatic heterocycles. The molecule has 45 heavy (non-hydrogen) atoms. The van der Waals surface area contributed by atoms with E-state index in [1.54, 1.807) is 30.5 Å². The lowest BCUT2D eigenvalue weighted by Gasteiger charge is -2.45. The fourth-order valence-electron chi connectivity index (χ4n) is 6.24. The Kier molecular flexibility index (Phi) is 9.64. The summed E-state index contributed by atoms with van der Waals surface area (Å²) >= 11 is 0. The van der Waals surface area contributed by atoms with Crippen LogP contribution in [0.5, 0.6) is 11.6 Å². The fraction of sp³-hybridized carbons (Fsp3) is 0.485. The minimum Gasteiger partial charge on any atom is -0.439 e. The predicted octanol–water partition coefficient (Wildman–Crippen LogP) is 4.77. The number of hydrogen-bond donors (Lipinski definition) is 2. The molecule has 1 aliphatic carbocycles. The maximum absolute atomic E-state index is 13.3. The zero-order valence-corrected chi connectivity index (χ0v) is 26.5. The van der Waals surface area contributed by atoms with Gasteiger partial charge in [-0.25, -0.2) is 18.2 Å². The van der Waals surface area contributed by atoms with Crippen LogP contribution in [0.4, 0.5) is 10.5 Å². The van der Waals surface area contributed by atoms with Crippen molar-refractivity contribution >= 4 is 21.7 Å². The zero-order valence-electron chi connectivity index (χ0n) is 25.7. The molecule has 3 fully saturated rings. The number of aliphatic hydroxyl groups is 1. The van der Waals surface area contributed by atoms with Gasteiger partial charge in [-0.15, -0.1) is 0 Å². The van der Waals surface area contributed by atoms with Crippen molar-refractivity contribution in [2.45, 2.75) is 81.5 Å². The number of aromatic nitrogens is 2. The maximum Gasteiger partial charge on any atom is 0.322 e. The van der Waals surface area contributed by atoms with Gasteiger partial charge in [0, 0.05) is 62.8 Å². The molecule has 1 saturated carbocycles. The monoisotopic (exact) mass is 634 g/mol. The Bertz CT molecular complexity index is 1530. The molecule has 0 radical (unpaired) electrons. The van der Waals surface area contributed by atoms with E-state index in [1.165, 1.54) is 10.7 Å². The summed E-state index contributed by atoms with van der Waals surface area (Å²) in [7, 11) is -3.60. The fourth-order valence-corrected chi connectivity index (χ4v) is 7.70. The number of rotatable bonds is 9. The highest BCUT2D eigenvalue weighted by Gasteiger charge is 2.36. The van der Waals surface area contributed by atoms with E-state index in [4.69, 9.17) is 4.74 Å². The van der Waals surface area contributed by atoms with E-state index in [-0.39, 0.29) is 17.0 Å². The third kappa shape index (κ3) is 7.63. The molecule has 11 nitrogen and oxygen atoms in total. The normalized spacial score (nSPS) is 19.2. The standard InChI is InChI=1S/C33H42N6O5S/c1-24-5-7-26(22-34-24)36-33(41)39(27-3-2-4-27)28-13-17-37(18-14-28)23-25-6-12-32(35-21-25)44-30-8-10-31(11-9-30)45(42,43)38-19-15-29(40)16-20-38/h5-12,21-22,27-29,40H,2-4,13-20,23H2,1H3,(H,36,41). The van der Waals surface area contributed by atoms with Crippen LogP contribution in [-0.2, 0) is 16.6 Å². The van der Waals surface area contributed by atoms with Crippen LogP contribution in [0.3, 0.4) is 0 Å². The highest BCUT2D eigenvalue weighted by Crippen LogP contribution is 2.31. The summed E-state index contributed by atoms with van der Waals surface area (Å²) < 4.78 is 33.2. The summed E-state index contributed by atoms with van der Waals surface area (Å²) in [6.45, 7) is 5.14. The predicted molar refractivity (Wildman–Crippen MR) is 171 cm³/mol. The van der Waals surface area contributed by atoms with Gasteiger partial charge >= 0.3 is 6.03 Å². The Labute approximate surface area is 265 Å². The molecule has 0 atom stereocenters. The maximum atomic E-state index is 13.3. The number of nitrogens with one attached hydrogen (secondary N) is 1. The highest BCUT2D eigenvalue weighted by atomic mass is 32.2. The number of ether oxygens (including phenoxy) is 1. The van der Waals surface area contributed by atoms with Crippen molar-refractivity contribution in [3.63, 3.8) is 0 Å². The Morgan fingerprint density at radius 1 is 0.911 bits per heavy atom. The summed E-state index contributed by atoms with van der Waals surface area (Å²) in [5.41, 5.74) is 2.73. The van der Waals surface area contributed by atoms with Gasteiger partial charge in [0.1, 0.15) is 5.75 Å². The zero-order chi connectivity index (χ0) is 31.4. The molecule has 3 aliphatic rings. The van der Waals surface area contributed by atoms with E-state index < -0.39 is 16.1 Å². The van der Waals surface area contributed by atoms with Crippen LogP contribution in [0.2, 0.25) is 0 Å². The molecule has 3 aromatic rings. The van der Waals surface area contributed by atoms with E-state index in [1.807, 2.05) is 37.4 Å². The number of likely N-dealkylation sites (tertiary alicyclic amines) is 1. The molecule has 2 amide bonds. The number of aliphatic hydroxyl groups excluding tert-OH is 1. The number of sulfonamides is 1. The Morgan fingerprint density at radius 3 is 2.22 bits per heavy atom. The van der Waals surface area contributed by atoms with E-state index in [9.17, 15) is 18.3 Å². The van der Waals surface area contributed by atoms with Crippen molar-refractivity contribution in [2.24, 2.45) is 0 Å². The van der Waals surface area contributed by atoms with Crippen LogP contribution in [0.25, 0.3) is 0 Å². The van der Waals surface area contributed by atoms with Gasteiger partial charge in [-0.3, -0.25) is 9.88 Å². The molecule has 1 aromatic carbocycles. The third-order valence-corrected chi connectivity index (χ3v) is 11.0. The van der Waals surface area contributed by atoms with Crippen molar-refractivity contribution < 1.29 is 23.1 Å². The molecular formula is C33H42N6O5S. The van der Waals surface area contributed by atoms with Gasteiger partial charge < -0.3 is 20.1 Å². The second-order valence-electron chi connectivity index (χ2n) is 12.3. The molecular weight excluding hydrogens is 592 g/mol. The largest absolute Gasteiger partial charge is 0.439 e. The van der Waals surface area contributed by atoms with Crippen molar-refractivity contribution in [1.29, 1.82) is 0 Å². The minimum atomic E-state index is -3.60. The number of anilines is 1. The van der Waals surface area contributed by atoms with E-state index in [0.717, 1.165) is 62.3 Å². The number of amides is 2. The third-order valence-electron chi connectivity index (χ3n) is 9.13. The second-order valence-corrected chi connectivity index (χ2v) is 14.3. The number of nitrogens with zero attached hydrogens (tertiary/aromatic N) is 5. The molecule has 2 N–H and O–H groups in total. The van der Waals surface area contributed by atoms with Crippen molar-refractivity contribution in [2.75, 3.05) is 31.5 Å². The number of urea groups is 1. The topological polar surface area (TPSA) is 128 Å². The molecule has 2 aliphatic heterocycles. The summed E-state index contributed by atoms with van der Waals surface area (Å²) in [6.07, 6.45) is 9.14. The number of benzene rings is 1. The lowest BCUT2D eigenvalue weighted by molar-refractivity contribution is 0.0715. The average molecular weight is 635 g/mol. The van der Waals surface area contributed by atoms with Gasteiger partial charge in [0.15, 0.2) is 0 Å². The van der Waals surface area contributed by atoms with E-state index >= 15 is 0 Å². The SMILES string of the molecule is Cc1ccc(NC(=O)N(C2CCC2)C2CCN(Cc3ccc(Oc4ccc(S(=O)(=O)N5CCC(O)CC5)cc4)nc3)CC2)cn1. The number of hydrogen-bond acceptors (Lipinski definition) is 8. The van der Waals surface area contributed by atoms with Gasteiger partial charge in [0.2, 0.25) is 15.9 Å². The highest BCUT2D eigenvalue weighted by molar-refractivity contribution is 7.89. The van der Waals surface area contributed by atoms with Crippen LogP contribution in [0, 0.1) is 6.92 Å². The van der Waals surface area contributed by atoms with Crippen molar-refractivity contribution in [1.82, 2.24) is 24.1 Å². The minimum absolute atomic E-state index is 0.0254. The van der Waals surface area contributed by atoms with Gasteiger partial charge in [0.05, 0.1) is 22.9 Å².